The van der Waals surface area contributed by atoms with E-state index in [4.69, 9.17) is 4.74 Å². The van der Waals surface area contributed by atoms with E-state index in [1.165, 1.54) is 4.90 Å². The third kappa shape index (κ3) is 8.70. The quantitative estimate of drug-likeness (QED) is 0.278. The van der Waals surface area contributed by atoms with Crippen molar-refractivity contribution in [3.05, 3.63) is 0 Å². The SMILES string of the molecule is CNC(=O)C(C)(C)CNC(=NCC(=O)N(C)C)NCC1CCOC1.I. The summed E-state index contributed by atoms with van der Waals surface area (Å²) in [6, 6.07) is 0. The molecule has 2 amide bonds. The fourth-order valence-corrected chi connectivity index (χ4v) is 2.17. The van der Waals surface area contributed by atoms with Gasteiger partial charge >= 0.3 is 0 Å². The van der Waals surface area contributed by atoms with Crippen molar-refractivity contribution in [3.8, 4) is 0 Å². The molecule has 1 heterocycles. The van der Waals surface area contributed by atoms with Crippen molar-refractivity contribution in [1.29, 1.82) is 0 Å². The predicted molar refractivity (Wildman–Crippen MR) is 109 cm³/mol. The summed E-state index contributed by atoms with van der Waals surface area (Å²) in [6.45, 7) is 6.43. The molecule has 1 fully saturated rings. The molecule has 0 saturated carbocycles. The predicted octanol–water partition coefficient (Wildman–Crippen LogP) is 0.0365. The molecule has 1 unspecified atom stereocenters. The number of likely N-dealkylation sites (N-methyl/N-ethyl adjacent to an activating group) is 1. The van der Waals surface area contributed by atoms with Crippen LogP contribution in [0.25, 0.3) is 0 Å². The number of guanidine groups is 1. The van der Waals surface area contributed by atoms with Gasteiger partial charge in [0.25, 0.3) is 0 Å². The molecule has 0 bridgehead atoms. The summed E-state index contributed by atoms with van der Waals surface area (Å²) in [5.41, 5.74) is -0.584. The molecule has 1 saturated heterocycles. The van der Waals surface area contributed by atoms with Crippen molar-refractivity contribution >= 4 is 41.8 Å². The fourth-order valence-electron chi connectivity index (χ4n) is 2.17. The van der Waals surface area contributed by atoms with Gasteiger partial charge in [-0.2, -0.15) is 0 Å². The van der Waals surface area contributed by atoms with Gasteiger partial charge in [-0.25, -0.2) is 4.99 Å². The zero-order chi connectivity index (χ0) is 18.2. The molecule has 1 atom stereocenters. The third-order valence-electron chi connectivity index (χ3n) is 3.99. The normalized spacial score (nSPS) is 17.5. The highest BCUT2D eigenvalue weighted by Gasteiger charge is 2.27. The van der Waals surface area contributed by atoms with Gasteiger partial charge in [-0.1, -0.05) is 0 Å². The summed E-state index contributed by atoms with van der Waals surface area (Å²) < 4.78 is 5.37. The number of carbonyl (C=O) groups is 2. The van der Waals surface area contributed by atoms with E-state index in [1.807, 2.05) is 13.8 Å². The van der Waals surface area contributed by atoms with Crippen LogP contribution in [-0.2, 0) is 14.3 Å². The van der Waals surface area contributed by atoms with Crippen LogP contribution in [-0.4, -0.2) is 76.7 Å². The summed E-state index contributed by atoms with van der Waals surface area (Å²) in [5.74, 6) is 0.844. The van der Waals surface area contributed by atoms with Crippen LogP contribution in [0.1, 0.15) is 20.3 Å². The lowest BCUT2D eigenvalue weighted by atomic mass is 9.92. The zero-order valence-corrected chi connectivity index (χ0v) is 18.2. The zero-order valence-electron chi connectivity index (χ0n) is 15.8. The summed E-state index contributed by atoms with van der Waals surface area (Å²) in [6.07, 6.45) is 1.01. The molecule has 0 aromatic carbocycles. The highest BCUT2D eigenvalue weighted by molar-refractivity contribution is 14.0. The maximum Gasteiger partial charge on any atom is 0.243 e. The van der Waals surface area contributed by atoms with Crippen LogP contribution in [0.2, 0.25) is 0 Å². The van der Waals surface area contributed by atoms with Gasteiger partial charge in [-0.05, 0) is 20.3 Å². The average Bonchev–Trinajstić information content (AvgIpc) is 3.06. The number of rotatable bonds is 7. The van der Waals surface area contributed by atoms with Crippen LogP contribution in [0, 0.1) is 11.3 Å². The first-order valence-electron chi connectivity index (χ1n) is 8.28. The molecule has 1 rings (SSSR count). The highest BCUT2D eigenvalue weighted by Crippen LogP contribution is 2.13. The number of halogens is 1. The summed E-state index contributed by atoms with van der Waals surface area (Å²) >= 11 is 0. The van der Waals surface area contributed by atoms with Crippen LogP contribution in [0.4, 0.5) is 0 Å². The fraction of sp³-hybridized carbons (Fsp3) is 0.812. The van der Waals surface area contributed by atoms with E-state index >= 15 is 0 Å². The number of nitrogens with one attached hydrogen (secondary N) is 3. The van der Waals surface area contributed by atoms with Gasteiger partial charge in [-0.3, -0.25) is 9.59 Å². The molecule has 0 radical (unpaired) electrons. The maximum absolute atomic E-state index is 11.9. The van der Waals surface area contributed by atoms with Crippen LogP contribution >= 0.6 is 24.0 Å². The summed E-state index contributed by atoms with van der Waals surface area (Å²) in [7, 11) is 5.01. The molecule has 1 aliphatic heterocycles. The molecule has 8 nitrogen and oxygen atoms in total. The van der Waals surface area contributed by atoms with Gasteiger partial charge in [0, 0.05) is 46.8 Å². The van der Waals surface area contributed by atoms with E-state index in [-0.39, 0.29) is 42.3 Å². The van der Waals surface area contributed by atoms with Crippen LogP contribution in [0.15, 0.2) is 4.99 Å². The Kier molecular flexibility index (Phi) is 11.0. The van der Waals surface area contributed by atoms with E-state index in [0.717, 1.165) is 26.2 Å². The lowest BCUT2D eigenvalue weighted by molar-refractivity contribution is -0.128. The molecule has 0 spiro atoms. The smallest absolute Gasteiger partial charge is 0.243 e. The molecule has 0 aromatic rings. The number of carbonyl (C=O) groups excluding carboxylic acids is 2. The lowest BCUT2D eigenvalue weighted by Gasteiger charge is -2.24. The highest BCUT2D eigenvalue weighted by atomic mass is 127. The monoisotopic (exact) mass is 469 g/mol. The minimum absolute atomic E-state index is 0. The first-order chi connectivity index (χ1) is 11.3. The third-order valence-corrected chi connectivity index (χ3v) is 3.99. The number of hydrogen-bond acceptors (Lipinski definition) is 4. The topological polar surface area (TPSA) is 95.1 Å². The number of aliphatic imine (C=N–C) groups is 1. The molecule has 0 aromatic heterocycles. The van der Waals surface area contributed by atoms with E-state index in [2.05, 4.69) is 20.9 Å². The molecular weight excluding hydrogens is 437 g/mol. The maximum atomic E-state index is 11.9. The Morgan fingerprint density at radius 3 is 2.48 bits per heavy atom. The summed E-state index contributed by atoms with van der Waals surface area (Å²) in [4.78, 5) is 29.4. The Bertz CT molecular complexity index is 463. The molecule has 146 valence electrons. The van der Waals surface area contributed by atoms with E-state index in [0.29, 0.717) is 18.4 Å². The largest absolute Gasteiger partial charge is 0.381 e. The average molecular weight is 469 g/mol. The molecule has 0 aliphatic carbocycles. The Hall–Kier alpha value is -1.10. The van der Waals surface area contributed by atoms with Gasteiger partial charge in [0.2, 0.25) is 11.8 Å². The first-order valence-corrected chi connectivity index (χ1v) is 8.28. The van der Waals surface area contributed by atoms with Gasteiger partial charge in [-0.15, -0.1) is 24.0 Å². The Balaban J connectivity index is 0.00000576. The lowest BCUT2D eigenvalue weighted by Crippen LogP contribution is -2.48. The summed E-state index contributed by atoms with van der Waals surface area (Å²) in [5, 5.41) is 9.06. The molecule has 9 heteroatoms. The van der Waals surface area contributed by atoms with Crippen LogP contribution in [0.3, 0.4) is 0 Å². The second-order valence-corrected chi connectivity index (χ2v) is 6.88. The van der Waals surface area contributed by atoms with Crippen LogP contribution < -0.4 is 16.0 Å². The van der Waals surface area contributed by atoms with E-state index in [1.54, 1.807) is 21.1 Å². The van der Waals surface area contributed by atoms with Crippen molar-refractivity contribution in [2.45, 2.75) is 20.3 Å². The number of ether oxygens (including phenoxy) is 1. The Morgan fingerprint density at radius 1 is 1.28 bits per heavy atom. The Morgan fingerprint density at radius 2 is 1.96 bits per heavy atom. The van der Waals surface area contributed by atoms with Gasteiger partial charge < -0.3 is 25.6 Å². The second-order valence-electron chi connectivity index (χ2n) is 6.88. The van der Waals surface area contributed by atoms with E-state index < -0.39 is 5.41 Å². The minimum Gasteiger partial charge on any atom is -0.381 e. The number of amides is 2. The van der Waals surface area contributed by atoms with E-state index in [9.17, 15) is 9.59 Å². The van der Waals surface area contributed by atoms with Gasteiger partial charge in [0.1, 0.15) is 6.54 Å². The Labute approximate surface area is 167 Å². The first kappa shape index (κ1) is 23.9. The second kappa shape index (κ2) is 11.5. The number of nitrogens with zero attached hydrogens (tertiary/aromatic N) is 2. The molecule has 3 N–H and O–H groups in total. The van der Waals surface area contributed by atoms with Crippen molar-refractivity contribution < 1.29 is 14.3 Å². The standard InChI is InChI=1S/C16H31N5O3.HI/c1-16(2,14(23)17-3)11-20-15(19-9-13(22)21(4)5)18-8-12-6-7-24-10-12;/h12H,6-11H2,1-5H3,(H,17,23)(H2,18,19,20);1H. The van der Waals surface area contributed by atoms with Crippen molar-refractivity contribution in [2.24, 2.45) is 16.3 Å². The van der Waals surface area contributed by atoms with Gasteiger partial charge in [0.05, 0.1) is 12.0 Å². The molecule has 25 heavy (non-hydrogen) atoms. The molecular formula is C16H32IN5O3. The molecule has 1 aliphatic rings. The minimum atomic E-state index is -0.584. The number of hydrogen-bond donors (Lipinski definition) is 3. The van der Waals surface area contributed by atoms with Crippen molar-refractivity contribution in [3.63, 3.8) is 0 Å². The van der Waals surface area contributed by atoms with Crippen molar-refractivity contribution in [2.75, 3.05) is 54.0 Å². The van der Waals surface area contributed by atoms with Gasteiger partial charge in [0.15, 0.2) is 5.96 Å². The van der Waals surface area contributed by atoms with Crippen LogP contribution in [0.5, 0.6) is 0 Å². The van der Waals surface area contributed by atoms with Crippen molar-refractivity contribution in [1.82, 2.24) is 20.9 Å².